The van der Waals surface area contributed by atoms with Crippen LogP contribution in [0.25, 0.3) is 0 Å². The summed E-state index contributed by atoms with van der Waals surface area (Å²) in [5.41, 5.74) is 0.377. The van der Waals surface area contributed by atoms with Gasteiger partial charge in [0.05, 0.1) is 11.0 Å². The zero-order valence-corrected chi connectivity index (χ0v) is 15.9. The molecular formula is C18H27N3O4S. The largest absolute Gasteiger partial charge is 0.378 e. The van der Waals surface area contributed by atoms with Gasteiger partial charge in [-0.05, 0) is 50.9 Å². The maximum atomic E-state index is 12.9. The zero-order valence-electron chi connectivity index (χ0n) is 15.1. The fourth-order valence-corrected chi connectivity index (χ4v) is 4.98. The number of piperidine rings is 1. The van der Waals surface area contributed by atoms with Crippen molar-refractivity contribution in [3.8, 4) is 0 Å². The number of benzene rings is 1. The van der Waals surface area contributed by atoms with Gasteiger partial charge in [0, 0.05) is 37.8 Å². The van der Waals surface area contributed by atoms with E-state index >= 15 is 0 Å². The average molecular weight is 381 g/mol. The summed E-state index contributed by atoms with van der Waals surface area (Å²) in [6, 6.07) is 6.40. The van der Waals surface area contributed by atoms with Crippen LogP contribution in [0.1, 0.15) is 36.5 Å². The summed E-state index contributed by atoms with van der Waals surface area (Å²) in [5, 5.41) is 6.14. The number of carbonyl (C=O) groups is 1. The van der Waals surface area contributed by atoms with Crippen LogP contribution in [-0.4, -0.2) is 63.6 Å². The normalized spacial score (nSPS) is 22.4. The summed E-state index contributed by atoms with van der Waals surface area (Å²) in [6.07, 6.45) is 2.41. The Kier molecular flexibility index (Phi) is 6.29. The first kappa shape index (κ1) is 19.3. The molecule has 144 valence electrons. The summed E-state index contributed by atoms with van der Waals surface area (Å²) >= 11 is 0. The molecule has 2 saturated heterocycles. The van der Waals surface area contributed by atoms with Crippen molar-refractivity contribution in [2.24, 2.45) is 0 Å². The van der Waals surface area contributed by atoms with Crippen LogP contribution in [0.15, 0.2) is 29.2 Å². The molecular weight excluding hydrogens is 354 g/mol. The molecule has 8 heteroatoms. The predicted octanol–water partition coefficient (Wildman–Crippen LogP) is 0.968. The van der Waals surface area contributed by atoms with E-state index in [0.717, 1.165) is 19.5 Å². The van der Waals surface area contributed by atoms with Crippen LogP contribution in [0, 0.1) is 0 Å². The minimum atomic E-state index is -3.60. The molecule has 1 atom stereocenters. The summed E-state index contributed by atoms with van der Waals surface area (Å²) in [4.78, 5) is 12.6. The molecule has 2 fully saturated rings. The Bertz CT molecular complexity index is 724. The number of rotatable bonds is 6. The molecule has 3 rings (SSSR count). The Labute approximate surface area is 155 Å². The van der Waals surface area contributed by atoms with Crippen molar-refractivity contribution in [1.82, 2.24) is 14.9 Å². The van der Waals surface area contributed by atoms with Gasteiger partial charge in [0.15, 0.2) is 0 Å². The standard InChI is InChI=1S/C18H27N3O4S/c1-2-25-16-7-10-21(11-8-16)26(23,24)17-5-3-4-14(12-17)18(22)20-15-6-9-19-13-15/h3-5,12,15-16,19H,2,6-11,13H2,1H3,(H,20,22). The van der Waals surface area contributed by atoms with Crippen LogP contribution in [0.3, 0.4) is 0 Å². The third-order valence-electron chi connectivity index (χ3n) is 4.93. The number of hydrogen-bond acceptors (Lipinski definition) is 5. The molecule has 1 aromatic rings. The fourth-order valence-electron chi connectivity index (χ4n) is 3.47. The molecule has 0 bridgehead atoms. The van der Waals surface area contributed by atoms with Gasteiger partial charge in [0.2, 0.25) is 10.0 Å². The van der Waals surface area contributed by atoms with E-state index in [1.807, 2.05) is 6.92 Å². The second-order valence-electron chi connectivity index (χ2n) is 6.75. The number of carbonyl (C=O) groups excluding carboxylic acids is 1. The van der Waals surface area contributed by atoms with Gasteiger partial charge in [-0.15, -0.1) is 0 Å². The Morgan fingerprint density at radius 2 is 2.08 bits per heavy atom. The lowest BCUT2D eigenvalue weighted by Crippen LogP contribution is -2.41. The molecule has 2 aliphatic heterocycles. The molecule has 0 aliphatic carbocycles. The van der Waals surface area contributed by atoms with Crippen LogP contribution in [0.5, 0.6) is 0 Å². The molecule has 0 aromatic heterocycles. The van der Waals surface area contributed by atoms with E-state index in [2.05, 4.69) is 10.6 Å². The first-order valence-corrected chi connectivity index (χ1v) is 10.7. The van der Waals surface area contributed by atoms with Crippen LogP contribution < -0.4 is 10.6 Å². The van der Waals surface area contributed by atoms with Gasteiger partial charge in [-0.25, -0.2) is 8.42 Å². The van der Waals surface area contributed by atoms with E-state index in [1.165, 1.54) is 10.4 Å². The summed E-state index contributed by atoms with van der Waals surface area (Å²) in [7, 11) is -3.60. The van der Waals surface area contributed by atoms with Gasteiger partial charge in [0.25, 0.3) is 5.91 Å². The number of hydrogen-bond donors (Lipinski definition) is 2. The Morgan fingerprint density at radius 1 is 1.31 bits per heavy atom. The number of amides is 1. The highest BCUT2D eigenvalue weighted by molar-refractivity contribution is 7.89. The fraction of sp³-hybridized carbons (Fsp3) is 0.611. The minimum absolute atomic E-state index is 0.0976. The van der Waals surface area contributed by atoms with Crippen LogP contribution in [-0.2, 0) is 14.8 Å². The van der Waals surface area contributed by atoms with Crippen molar-refractivity contribution in [3.63, 3.8) is 0 Å². The molecule has 7 nitrogen and oxygen atoms in total. The van der Waals surface area contributed by atoms with E-state index in [9.17, 15) is 13.2 Å². The molecule has 2 N–H and O–H groups in total. The van der Waals surface area contributed by atoms with Gasteiger partial charge in [0.1, 0.15) is 0 Å². The minimum Gasteiger partial charge on any atom is -0.378 e. The predicted molar refractivity (Wildman–Crippen MR) is 98.6 cm³/mol. The van der Waals surface area contributed by atoms with Crippen LogP contribution in [0.4, 0.5) is 0 Å². The van der Waals surface area contributed by atoms with Crippen molar-refractivity contribution in [3.05, 3.63) is 29.8 Å². The summed E-state index contributed by atoms with van der Waals surface area (Å²) in [5.74, 6) is -0.231. The number of sulfonamides is 1. The molecule has 2 heterocycles. The average Bonchev–Trinajstić information content (AvgIpc) is 3.15. The summed E-state index contributed by atoms with van der Waals surface area (Å²) < 4.78 is 32.9. The zero-order chi connectivity index (χ0) is 18.6. The van der Waals surface area contributed by atoms with Crippen molar-refractivity contribution in [1.29, 1.82) is 0 Å². The van der Waals surface area contributed by atoms with Crippen molar-refractivity contribution >= 4 is 15.9 Å². The Hall–Kier alpha value is -1.48. The Morgan fingerprint density at radius 3 is 2.73 bits per heavy atom. The molecule has 1 amide bonds. The first-order valence-electron chi connectivity index (χ1n) is 9.24. The molecule has 1 aromatic carbocycles. The number of nitrogens with zero attached hydrogens (tertiary/aromatic N) is 1. The molecule has 0 spiro atoms. The van der Waals surface area contributed by atoms with Crippen molar-refractivity contribution < 1.29 is 17.9 Å². The van der Waals surface area contributed by atoms with Crippen molar-refractivity contribution in [2.45, 2.75) is 43.2 Å². The molecule has 0 radical (unpaired) electrons. The third kappa shape index (κ3) is 4.43. The maximum absolute atomic E-state index is 12.9. The van der Waals surface area contributed by atoms with Crippen molar-refractivity contribution in [2.75, 3.05) is 32.8 Å². The maximum Gasteiger partial charge on any atom is 0.251 e. The highest BCUT2D eigenvalue weighted by Gasteiger charge is 2.30. The monoisotopic (exact) mass is 381 g/mol. The molecule has 1 unspecified atom stereocenters. The van der Waals surface area contributed by atoms with Gasteiger partial charge in [-0.2, -0.15) is 4.31 Å². The Balaban J connectivity index is 1.69. The van der Waals surface area contributed by atoms with E-state index in [1.54, 1.807) is 18.2 Å². The quantitative estimate of drug-likeness (QED) is 0.767. The molecule has 26 heavy (non-hydrogen) atoms. The third-order valence-corrected chi connectivity index (χ3v) is 6.83. The van der Waals surface area contributed by atoms with E-state index in [0.29, 0.717) is 38.1 Å². The van der Waals surface area contributed by atoms with Crippen LogP contribution >= 0.6 is 0 Å². The lowest BCUT2D eigenvalue weighted by molar-refractivity contribution is 0.0290. The van der Waals surface area contributed by atoms with Gasteiger partial charge in [-0.3, -0.25) is 4.79 Å². The highest BCUT2D eigenvalue weighted by Crippen LogP contribution is 2.23. The second-order valence-corrected chi connectivity index (χ2v) is 8.69. The van der Waals surface area contributed by atoms with Crippen LogP contribution in [0.2, 0.25) is 0 Å². The van der Waals surface area contributed by atoms with E-state index in [-0.39, 0.29) is 22.9 Å². The van der Waals surface area contributed by atoms with Gasteiger partial charge >= 0.3 is 0 Å². The smallest absolute Gasteiger partial charge is 0.251 e. The lowest BCUT2D eigenvalue weighted by Gasteiger charge is -2.31. The SMILES string of the molecule is CCOC1CCN(S(=O)(=O)c2cccc(C(=O)NC3CCNC3)c2)CC1. The van der Waals surface area contributed by atoms with Gasteiger partial charge in [-0.1, -0.05) is 6.07 Å². The highest BCUT2D eigenvalue weighted by atomic mass is 32.2. The molecule has 0 saturated carbocycles. The summed E-state index contributed by atoms with van der Waals surface area (Å²) in [6.45, 7) is 5.11. The van der Waals surface area contributed by atoms with E-state index in [4.69, 9.17) is 4.74 Å². The number of ether oxygens (including phenoxy) is 1. The first-order chi connectivity index (χ1) is 12.5. The molecule has 2 aliphatic rings. The topological polar surface area (TPSA) is 87.7 Å². The second kappa shape index (κ2) is 8.47. The lowest BCUT2D eigenvalue weighted by atomic mass is 10.1. The van der Waals surface area contributed by atoms with Gasteiger partial charge < -0.3 is 15.4 Å². The number of nitrogens with one attached hydrogen (secondary N) is 2. The van der Waals surface area contributed by atoms with E-state index < -0.39 is 10.0 Å².